The van der Waals surface area contributed by atoms with Crippen LogP contribution >= 0.6 is 0 Å². The molecule has 1 saturated carbocycles. The van der Waals surface area contributed by atoms with Crippen molar-refractivity contribution >= 4 is 0 Å². The average Bonchev–Trinajstić information content (AvgIpc) is 1.93. The molecule has 0 aromatic rings. The smallest absolute Gasteiger partial charge is 0.0729 e. The van der Waals surface area contributed by atoms with Crippen LogP contribution < -0.4 is 5.73 Å². The third kappa shape index (κ3) is 2.80. The minimum Gasteiger partial charge on any atom is -0.374 e. The molecule has 0 radical (unpaired) electrons. The summed E-state index contributed by atoms with van der Waals surface area (Å²) < 4.78 is 5.68. The van der Waals surface area contributed by atoms with Gasteiger partial charge in [0.05, 0.1) is 12.2 Å². The summed E-state index contributed by atoms with van der Waals surface area (Å²) in [5.41, 5.74) is 5.90. The van der Waals surface area contributed by atoms with Crippen LogP contribution in [-0.4, -0.2) is 18.2 Å². The van der Waals surface area contributed by atoms with Crippen molar-refractivity contribution in [2.24, 2.45) is 5.73 Å². The predicted molar refractivity (Wildman–Crippen MR) is 46.5 cm³/mol. The van der Waals surface area contributed by atoms with Crippen molar-refractivity contribution in [3.05, 3.63) is 0 Å². The Balaban J connectivity index is 2.29. The van der Waals surface area contributed by atoms with Crippen molar-refractivity contribution in [3.63, 3.8) is 0 Å². The van der Waals surface area contributed by atoms with Crippen LogP contribution in [0.25, 0.3) is 0 Å². The first kappa shape index (κ1) is 9.01. The summed E-state index contributed by atoms with van der Waals surface area (Å²) in [5.74, 6) is 0. The fraction of sp³-hybridized carbons (Fsp3) is 1.00. The highest BCUT2D eigenvalue weighted by Crippen LogP contribution is 2.20. The van der Waals surface area contributed by atoms with E-state index in [2.05, 4.69) is 13.8 Å². The van der Waals surface area contributed by atoms with Gasteiger partial charge in [-0.2, -0.15) is 0 Å². The highest BCUT2D eigenvalue weighted by atomic mass is 16.5. The molecule has 0 amide bonds. The maximum Gasteiger partial charge on any atom is 0.0729 e. The lowest BCUT2D eigenvalue weighted by Gasteiger charge is -2.30. The van der Waals surface area contributed by atoms with Crippen molar-refractivity contribution in [1.29, 1.82) is 0 Å². The number of hydrogen-bond donors (Lipinski definition) is 1. The lowest BCUT2D eigenvalue weighted by Crippen LogP contribution is -2.40. The normalized spacial score (nSPS) is 32.7. The van der Waals surface area contributed by atoms with Crippen LogP contribution in [-0.2, 0) is 4.74 Å². The van der Waals surface area contributed by atoms with E-state index in [1.54, 1.807) is 0 Å². The number of hydrogen-bond acceptors (Lipinski definition) is 2. The van der Waals surface area contributed by atoms with E-state index in [0.29, 0.717) is 12.2 Å². The summed E-state index contributed by atoms with van der Waals surface area (Å²) >= 11 is 0. The second kappa shape index (κ2) is 4.07. The average molecular weight is 157 g/mol. The third-order valence-corrected chi connectivity index (χ3v) is 2.20. The SMILES string of the molecule is CC(C)O[C@@H]1CCCC[C@@H]1N. The Morgan fingerprint density at radius 1 is 1.27 bits per heavy atom. The molecule has 0 aliphatic heterocycles. The van der Waals surface area contributed by atoms with Crippen molar-refractivity contribution in [2.75, 3.05) is 0 Å². The summed E-state index contributed by atoms with van der Waals surface area (Å²) in [7, 11) is 0. The van der Waals surface area contributed by atoms with Crippen LogP contribution in [0.4, 0.5) is 0 Å². The lowest BCUT2D eigenvalue weighted by atomic mass is 9.93. The molecule has 1 rings (SSSR count). The standard InChI is InChI=1S/C9H19NO/c1-7(2)11-9-6-4-3-5-8(9)10/h7-9H,3-6,10H2,1-2H3/t8-,9+/m0/s1. The van der Waals surface area contributed by atoms with Gasteiger partial charge in [0.15, 0.2) is 0 Å². The molecule has 66 valence electrons. The minimum absolute atomic E-state index is 0.283. The Bertz CT molecular complexity index is 114. The van der Waals surface area contributed by atoms with Gasteiger partial charge >= 0.3 is 0 Å². The van der Waals surface area contributed by atoms with Crippen LogP contribution in [0.15, 0.2) is 0 Å². The van der Waals surface area contributed by atoms with E-state index in [0.717, 1.165) is 12.8 Å². The maximum absolute atomic E-state index is 5.90. The zero-order valence-electron chi connectivity index (χ0n) is 7.55. The molecule has 2 atom stereocenters. The van der Waals surface area contributed by atoms with Crippen LogP contribution in [0.1, 0.15) is 39.5 Å². The summed E-state index contributed by atoms with van der Waals surface area (Å²) in [5, 5.41) is 0. The number of rotatable bonds is 2. The van der Waals surface area contributed by atoms with Gasteiger partial charge in [-0.3, -0.25) is 0 Å². The van der Waals surface area contributed by atoms with Gasteiger partial charge in [0.1, 0.15) is 0 Å². The molecule has 2 heteroatoms. The summed E-state index contributed by atoms with van der Waals surface area (Å²) in [6.07, 6.45) is 5.49. The van der Waals surface area contributed by atoms with Crippen molar-refractivity contribution in [2.45, 2.75) is 57.8 Å². The first-order chi connectivity index (χ1) is 5.20. The van der Waals surface area contributed by atoms with Gasteiger partial charge in [0.2, 0.25) is 0 Å². The predicted octanol–water partition coefficient (Wildman–Crippen LogP) is 1.68. The topological polar surface area (TPSA) is 35.2 Å². The lowest BCUT2D eigenvalue weighted by molar-refractivity contribution is -0.0228. The molecule has 0 aromatic carbocycles. The van der Waals surface area contributed by atoms with Gasteiger partial charge in [-0.25, -0.2) is 0 Å². The Hall–Kier alpha value is -0.0800. The zero-order valence-corrected chi connectivity index (χ0v) is 7.55. The molecule has 11 heavy (non-hydrogen) atoms. The molecule has 0 saturated heterocycles. The zero-order chi connectivity index (χ0) is 8.27. The maximum atomic E-state index is 5.90. The fourth-order valence-electron chi connectivity index (χ4n) is 1.64. The van der Waals surface area contributed by atoms with Gasteiger partial charge in [-0.1, -0.05) is 12.8 Å². The Labute approximate surface area is 69.1 Å². The molecule has 0 heterocycles. The highest BCUT2D eigenvalue weighted by Gasteiger charge is 2.22. The van der Waals surface area contributed by atoms with E-state index in [-0.39, 0.29) is 6.04 Å². The minimum atomic E-state index is 0.283. The van der Waals surface area contributed by atoms with Crippen LogP contribution in [0, 0.1) is 0 Å². The van der Waals surface area contributed by atoms with Gasteiger partial charge in [-0.05, 0) is 26.7 Å². The van der Waals surface area contributed by atoms with E-state index in [4.69, 9.17) is 10.5 Å². The quantitative estimate of drug-likeness (QED) is 0.662. The molecule has 2 N–H and O–H groups in total. The molecule has 1 aliphatic rings. The van der Waals surface area contributed by atoms with Gasteiger partial charge in [0.25, 0.3) is 0 Å². The van der Waals surface area contributed by atoms with Gasteiger partial charge in [0, 0.05) is 6.04 Å². The third-order valence-electron chi connectivity index (χ3n) is 2.20. The van der Waals surface area contributed by atoms with E-state index < -0.39 is 0 Å². The molecule has 0 spiro atoms. The first-order valence-electron chi connectivity index (χ1n) is 4.61. The van der Waals surface area contributed by atoms with Gasteiger partial charge < -0.3 is 10.5 Å². The highest BCUT2D eigenvalue weighted by molar-refractivity contribution is 4.78. The van der Waals surface area contributed by atoms with E-state index in [1.165, 1.54) is 12.8 Å². The monoisotopic (exact) mass is 157 g/mol. The molecule has 0 bridgehead atoms. The van der Waals surface area contributed by atoms with E-state index in [9.17, 15) is 0 Å². The van der Waals surface area contributed by atoms with Crippen LogP contribution in [0.2, 0.25) is 0 Å². The van der Waals surface area contributed by atoms with Crippen LogP contribution in [0.3, 0.4) is 0 Å². The Morgan fingerprint density at radius 3 is 2.45 bits per heavy atom. The molecule has 1 fully saturated rings. The number of nitrogens with two attached hydrogens (primary N) is 1. The molecular formula is C9H19NO. The van der Waals surface area contributed by atoms with E-state index in [1.807, 2.05) is 0 Å². The molecule has 0 aromatic heterocycles. The largest absolute Gasteiger partial charge is 0.374 e. The summed E-state index contributed by atoms with van der Waals surface area (Å²) in [6.45, 7) is 4.14. The fourth-order valence-corrected chi connectivity index (χ4v) is 1.64. The molecule has 0 unspecified atom stereocenters. The van der Waals surface area contributed by atoms with Crippen molar-refractivity contribution < 1.29 is 4.74 Å². The Kier molecular flexibility index (Phi) is 3.34. The molecule has 2 nitrogen and oxygen atoms in total. The summed E-state index contributed by atoms with van der Waals surface area (Å²) in [4.78, 5) is 0. The first-order valence-corrected chi connectivity index (χ1v) is 4.61. The molecule has 1 aliphatic carbocycles. The van der Waals surface area contributed by atoms with E-state index >= 15 is 0 Å². The van der Waals surface area contributed by atoms with Crippen molar-refractivity contribution in [3.8, 4) is 0 Å². The van der Waals surface area contributed by atoms with Crippen molar-refractivity contribution in [1.82, 2.24) is 0 Å². The second-order valence-electron chi connectivity index (χ2n) is 3.67. The van der Waals surface area contributed by atoms with Crippen LogP contribution in [0.5, 0.6) is 0 Å². The second-order valence-corrected chi connectivity index (χ2v) is 3.67. The van der Waals surface area contributed by atoms with Gasteiger partial charge in [-0.15, -0.1) is 0 Å². The number of ether oxygens (including phenoxy) is 1. The molecular weight excluding hydrogens is 138 g/mol. The Morgan fingerprint density at radius 2 is 1.91 bits per heavy atom. The summed E-state index contributed by atoms with van der Waals surface area (Å²) in [6, 6.07) is 0.283.